The van der Waals surface area contributed by atoms with Crippen molar-refractivity contribution in [3.8, 4) is 0 Å². The predicted octanol–water partition coefficient (Wildman–Crippen LogP) is 4.59. The maximum atomic E-state index is 13.5. The second-order valence-corrected chi connectivity index (χ2v) is 7.85. The van der Waals surface area contributed by atoms with Crippen molar-refractivity contribution in [3.05, 3.63) is 82.0 Å². The van der Waals surface area contributed by atoms with Gasteiger partial charge in [-0.1, -0.05) is 12.1 Å². The van der Waals surface area contributed by atoms with Crippen LogP contribution in [0.15, 0.2) is 70.6 Å². The van der Waals surface area contributed by atoms with Crippen LogP contribution in [0.3, 0.4) is 0 Å². The lowest BCUT2D eigenvalue weighted by Gasteiger charge is -2.29. The van der Waals surface area contributed by atoms with Gasteiger partial charge in [-0.2, -0.15) is 10.2 Å². The Kier molecular flexibility index (Phi) is 4.39. The zero-order chi connectivity index (χ0) is 20.8. The Morgan fingerprint density at radius 2 is 2.00 bits per heavy atom. The number of benzene rings is 2. The molecule has 3 heterocycles. The molecule has 0 fully saturated rings. The van der Waals surface area contributed by atoms with Gasteiger partial charge < -0.3 is 10.6 Å². The average Bonchev–Trinajstić information content (AvgIpc) is 3.32. The zero-order valence-corrected chi connectivity index (χ0v) is 17.4. The number of nitrogens with zero attached hydrogens (tertiary/aromatic N) is 3. The van der Waals surface area contributed by atoms with Gasteiger partial charge in [0.15, 0.2) is 0 Å². The Hall–Kier alpha value is -3.46. The fourth-order valence-electron chi connectivity index (χ4n) is 3.71. The van der Waals surface area contributed by atoms with Crippen molar-refractivity contribution in [2.45, 2.75) is 13.0 Å². The van der Waals surface area contributed by atoms with E-state index in [4.69, 9.17) is 0 Å². The molecule has 2 aromatic carbocycles. The van der Waals surface area contributed by atoms with Crippen LogP contribution in [0, 0.1) is 5.82 Å². The highest BCUT2D eigenvalue weighted by Gasteiger charge is 2.33. The van der Waals surface area contributed by atoms with Gasteiger partial charge in [-0.25, -0.2) is 9.07 Å². The van der Waals surface area contributed by atoms with Gasteiger partial charge in [0.1, 0.15) is 22.3 Å². The van der Waals surface area contributed by atoms with Crippen LogP contribution in [0.25, 0.3) is 10.9 Å². The van der Waals surface area contributed by atoms with Gasteiger partial charge in [-0.05, 0) is 58.7 Å². The molecule has 1 aliphatic heterocycles. The summed E-state index contributed by atoms with van der Waals surface area (Å²) < 4.78 is 15.9. The minimum Gasteiger partial charge on any atom is -0.344 e. The van der Waals surface area contributed by atoms with Crippen molar-refractivity contribution in [3.63, 3.8) is 0 Å². The monoisotopic (exact) mass is 466 g/mol. The van der Waals surface area contributed by atoms with Crippen molar-refractivity contribution in [1.29, 1.82) is 0 Å². The normalized spacial score (nSPS) is 15.8. The third-order valence-corrected chi connectivity index (χ3v) is 5.46. The fraction of sp³-hybridized carbons (Fsp3) is 0.0952. The van der Waals surface area contributed by atoms with E-state index < -0.39 is 6.04 Å². The third kappa shape index (κ3) is 3.17. The van der Waals surface area contributed by atoms with Crippen molar-refractivity contribution in [2.24, 2.45) is 0 Å². The van der Waals surface area contributed by atoms with Crippen molar-refractivity contribution in [2.75, 3.05) is 10.6 Å². The first-order valence-corrected chi connectivity index (χ1v) is 10.0. The number of rotatable bonds is 3. The molecule has 0 saturated heterocycles. The number of hydrogen-bond acceptors (Lipinski definition) is 4. The van der Waals surface area contributed by atoms with E-state index in [-0.39, 0.29) is 11.7 Å². The highest BCUT2D eigenvalue weighted by Crippen LogP contribution is 2.37. The van der Waals surface area contributed by atoms with Crippen molar-refractivity contribution in [1.82, 2.24) is 20.0 Å². The molecule has 9 heteroatoms. The lowest BCUT2D eigenvalue weighted by Crippen LogP contribution is -2.31. The van der Waals surface area contributed by atoms with Crippen LogP contribution in [0.2, 0.25) is 0 Å². The van der Waals surface area contributed by atoms with Gasteiger partial charge in [0, 0.05) is 22.8 Å². The molecule has 0 saturated carbocycles. The molecule has 0 spiro atoms. The Morgan fingerprint density at radius 3 is 2.80 bits per heavy atom. The Labute approximate surface area is 179 Å². The van der Waals surface area contributed by atoms with E-state index >= 15 is 0 Å². The summed E-state index contributed by atoms with van der Waals surface area (Å²) in [6, 6.07) is 13.0. The number of carbonyl (C=O) groups is 1. The summed E-state index contributed by atoms with van der Waals surface area (Å²) in [5.41, 5.74) is 3.49. The SMILES string of the molecule is CC1=C(C(=O)Nc2ccc3[nH]ncc3c2)C(c2ccc(F)cc2)n2nc(Br)cc2N1. The summed E-state index contributed by atoms with van der Waals surface area (Å²) in [7, 11) is 0. The summed E-state index contributed by atoms with van der Waals surface area (Å²) in [6.45, 7) is 1.84. The van der Waals surface area contributed by atoms with E-state index in [1.54, 1.807) is 23.0 Å². The summed E-state index contributed by atoms with van der Waals surface area (Å²) in [5.74, 6) is 0.134. The number of halogens is 2. The quantitative estimate of drug-likeness (QED) is 0.412. The standard InChI is InChI=1S/C21H16BrFN6O/c1-11-19(21(30)26-15-6-7-16-13(8-15)10-24-27-16)20(12-2-4-14(23)5-3-12)29-18(25-11)9-17(22)28-29/h2-10,20,25H,1H3,(H,24,27)(H,26,30). The van der Waals surface area contributed by atoms with E-state index in [9.17, 15) is 9.18 Å². The number of amides is 1. The van der Waals surface area contributed by atoms with Crippen LogP contribution in [-0.2, 0) is 4.79 Å². The molecule has 3 N–H and O–H groups in total. The smallest absolute Gasteiger partial charge is 0.255 e. The van der Waals surface area contributed by atoms with Crippen LogP contribution < -0.4 is 10.6 Å². The second kappa shape index (κ2) is 7.10. The molecule has 0 bridgehead atoms. The van der Waals surface area contributed by atoms with Crippen LogP contribution >= 0.6 is 15.9 Å². The molecule has 1 atom stereocenters. The molecule has 0 aliphatic carbocycles. The van der Waals surface area contributed by atoms with E-state index in [0.29, 0.717) is 21.6 Å². The molecule has 4 aromatic rings. The number of hydrogen-bond donors (Lipinski definition) is 3. The Balaban J connectivity index is 1.56. The number of fused-ring (bicyclic) bond motifs is 2. The number of aromatic nitrogens is 4. The van der Waals surface area contributed by atoms with Gasteiger partial charge in [0.25, 0.3) is 5.91 Å². The van der Waals surface area contributed by atoms with Crippen LogP contribution in [0.1, 0.15) is 18.5 Å². The third-order valence-electron chi connectivity index (χ3n) is 5.07. The topological polar surface area (TPSA) is 87.6 Å². The second-order valence-electron chi connectivity index (χ2n) is 7.04. The molecule has 1 aliphatic rings. The molecule has 0 radical (unpaired) electrons. The number of allylic oxidation sites excluding steroid dienone is 1. The lowest BCUT2D eigenvalue weighted by molar-refractivity contribution is -0.113. The highest BCUT2D eigenvalue weighted by atomic mass is 79.9. The summed E-state index contributed by atoms with van der Waals surface area (Å²) in [6.07, 6.45) is 1.70. The lowest BCUT2D eigenvalue weighted by atomic mass is 9.94. The Morgan fingerprint density at radius 1 is 1.20 bits per heavy atom. The average molecular weight is 467 g/mol. The first-order valence-electron chi connectivity index (χ1n) is 9.22. The van der Waals surface area contributed by atoms with Gasteiger partial charge in [-0.3, -0.25) is 9.89 Å². The van der Waals surface area contributed by atoms with Crippen molar-refractivity contribution < 1.29 is 9.18 Å². The van der Waals surface area contributed by atoms with E-state index in [1.807, 2.05) is 31.2 Å². The van der Waals surface area contributed by atoms with Crippen molar-refractivity contribution >= 4 is 44.2 Å². The van der Waals surface area contributed by atoms with Crippen LogP contribution in [0.4, 0.5) is 15.9 Å². The minimum atomic E-state index is -0.509. The maximum Gasteiger partial charge on any atom is 0.255 e. The first-order chi connectivity index (χ1) is 14.5. The number of aromatic amines is 1. The van der Waals surface area contributed by atoms with Crippen LogP contribution in [-0.4, -0.2) is 25.9 Å². The van der Waals surface area contributed by atoms with Gasteiger partial charge in [0.2, 0.25) is 0 Å². The zero-order valence-electron chi connectivity index (χ0n) is 15.8. The number of H-pyrrole nitrogens is 1. The molecule has 2 aromatic heterocycles. The van der Waals surface area contributed by atoms with Gasteiger partial charge >= 0.3 is 0 Å². The summed E-state index contributed by atoms with van der Waals surface area (Å²) in [5, 5.41) is 18.5. The fourth-order valence-corrected chi connectivity index (χ4v) is 4.10. The van der Waals surface area contributed by atoms with Gasteiger partial charge in [-0.15, -0.1) is 0 Å². The van der Waals surface area contributed by atoms with Gasteiger partial charge in [0.05, 0.1) is 17.3 Å². The highest BCUT2D eigenvalue weighted by molar-refractivity contribution is 9.10. The molecule has 7 nitrogen and oxygen atoms in total. The molecule has 5 rings (SSSR count). The molecular weight excluding hydrogens is 451 g/mol. The van der Waals surface area contributed by atoms with Crippen LogP contribution in [0.5, 0.6) is 0 Å². The predicted molar refractivity (Wildman–Crippen MR) is 116 cm³/mol. The maximum absolute atomic E-state index is 13.5. The molecule has 1 unspecified atom stereocenters. The summed E-state index contributed by atoms with van der Waals surface area (Å²) in [4.78, 5) is 13.4. The molecule has 30 heavy (non-hydrogen) atoms. The molecule has 1 amide bonds. The number of nitrogens with one attached hydrogen (secondary N) is 3. The number of carbonyl (C=O) groups excluding carboxylic acids is 1. The largest absolute Gasteiger partial charge is 0.344 e. The molecule has 150 valence electrons. The summed E-state index contributed by atoms with van der Waals surface area (Å²) >= 11 is 3.39. The van der Waals surface area contributed by atoms with E-state index in [1.165, 1.54) is 12.1 Å². The number of anilines is 2. The minimum absolute atomic E-state index is 0.269. The van der Waals surface area contributed by atoms with E-state index in [0.717, 1.165) is 22.3 Å². The Bertz CT molecular complexity index is 1310. The van der Waals surface area contributed by atoms with E-state index in [2.05, 4.69) is 41.9 Å². The first kappa shape index (κ1) is 18.6. The molecular formula is C21H16BrFN6O.